The van der Waals surface area contributed by atoms with Gasteiger partial charge in [-0.05, 0) is 52.4 Å². The van der Waals surface area contributed by atoms with E-state index in [1.165, 1.54) is 6.07 Å². The van der Waals surface area contributed by atoms with Crippen molar-refractivity contribution in [3.8, 4) is 0 Å². The highest BCUT2D eigenvalue weighted by Crippen LogP contribution is 2.41. The molecule has 2 nitrogen and oxygen atoms in total. The lowest BCUT2D eigenvalue weighted by Crippen LogP contribution is -2.30. The van der Waals surface area contributed by atoms with Crippen LogP contribution in [0.2, 0.25) is 0 Å². The molecule has 1 N–H and O–H groups in total. The van der Waals surface area contributed by atoms with Gasteiger partial charge in [-0.2, -0.15) is 0 Å². The number of rotatable bonds is 4. The average molecular weight is 348 g/mol. The lowest BCUT2D eigenvalue weighted by molar-refractivity contribution is 0.0930. The second kappa shape index (κ2) is 5.98. The van der Waals surface area contributed by atoms with E-state index in [9.17, 15) is 9.18 Å². The van der Waals surface area contributed by atoms with Crippen molar-refractivity contribution >= 4 is 21.8 Å². The molecule has 1 atom stereocenters. The van der Waals surface area contributed by atoms with Crippen LogP contribution in [0.15, 0.2) is 53.0 Å². The SMILES string of the molecule is O=C(NC(c1ccccc1)C1CC1)c1cccc(F)c1Br. The van der Waals surface area contributed by atoms with E-state index in [0.29, 0.717) is 11.5 Å². The molecule has 0 aromatic heterocycles. The number of hydrogen-bond donors (Lipinski definition) is 1. The fourth-order valence-electron chi connectivity index (χ4n) is 2.46. The quantitative estimate of drug-likeness (QED) is 0.868. The van der Waals surface area contributed by atoms with Crippen molar-refractivity contribution in [3.05, 3.63) is 69.9 Å². The largest absolute Gasteiger partial charge is 0.345 e. The summed E-state index contributed by atoms with van der Waals surface area (Å²) < 4.78 is 13.8. The van der Waals surface area contributed by atoms with E-state index in [1.54, 1.807) is 12.1 Å². The van der Waals surface area contributed by atoms with E-state index < -0.39 is 5.82 Å². The summed E-state index contributed by atoms with van der Waals surface area (Å²) in [5.41, 5.74) is 1.43. The zero-order valence-corrected chi connectivity index (χ0v) is 12.9. The van der Waals surface area contributed by atoms with Gasteiger partial charge in [0.2, 0.25) is 0 Å². The lowest BCUT2D eigenvalue weighted by atomic mass is 10.0. The molecular formula is C17H15BrFNO. The summed E-state index contributed by atoms with van der Waals surface area (Å²) in [6, 6.07) is 14.4. The van der Waals surface area contributed by atoms with E-state index in [2.05, 4.69) is 21.2 Å². The van der Waals surface area contributed by atoms with E-state index in [0.717, 1.165) is 18.4 Å². The average Bonchev–Trinajstić information content (AvgIpc) is 3.33. The highest BCUT2D eigenvalue weighted by molar-refractivity contribution is 9.10. The van der Waals surface area contributed by atoms with Crippen LogP contribution in [-0.2, 0) is 0 Å². The fourth-order valence-corrected chi connectivity index (χ4v) is 2.91. The summed E-state index contributed by atoms with van der Waals surface area (Å²) in [7, 11) is 0. The van der Waals surface area contributed by atoms with Gasteiger partial charge in [0.05, 0.1) is 16.1 Å². The Kier molecular flexibility index (Phi) is 4.06. The molecule has 1 amide bonds. The normalized spacial score (nSPS) is 15.5. The minimum atomic E-state index is -0.426. The van der Waals surface area contributed by atoms with E-state index in [4.69, 9.17) is 0 Å². The van der Waals surface area contributed by atoms with Crippen LogP contribution < -0.4 is 5.32 Å². The molecular weight excluding hydrogens is 333 g/mol. The van der Waals surface area contributed by atoms with Gasteiger partial charge in [0.15, 0.2) is 0 Å². The Morgan fingerprint density at radius 3 is 2.52 bits per heavy atom. The summed E-state index contributed by atoms with van der Waals surface area (Å²) in [5, 5.41) is 3.04. The summed E-state index contributed by atoms with van der Waals surface area (Å²) in [4.78, 5) is 12.4. The van der Waals surface area contributed by atoms with Crippen LogP contribution in [0.5, 0.6) is 0 Å². The summed E-state index contributed by atoms with van der Waals surface area (Å²) in [6.07, 6.45) is 2.23. The third-order valence-corrected chi connectivity index (χ3v) is 4.54. The first-order chi connectivity index (χ1) is 10.2. The van der Waals surface area contributed by atoms with Crippen molar-refractivity contribution in [1.29, 1.82) is 0 Å². The van der Waals surface area contributed by atoms with Crippen molar-refractivity contribution < 1.29 is 9.18 Å². The minimum Gasteiger partial charge on any atom is -0.345 e. The molecule has 1 saturated carbocycles. The maximum absolute atomic E-state index is 13.5. The monoisotopic (exact) mass is 347 g/mol. The van der Waals surface area contributed by atoms with Crippen LogP contribution in [0.1, 0.15) is 34.8 Å². The predicted octanol–water partition coefficient (Wildman–Crippen LogP) is 4.47. The van der Waals surface area contributed by atoms with Gasteiger partial charge in [0.25, 0.3) is 5.91 Å². The number of benzene rings is 2. The molecule has 0 spiro atoms. The van der Waals surface area contributed by atoms with Crippen molar-refractivity contribution in [2.24, 2.45) is 5.92 Å². The van der Waals surface area contributed by atoms with Crippen LogP contribution in [0, 0.1) is 11.7 Å². The second-order valence-electron chi connectivity index (χ2n) is 5.30. The molecule has 0 bridgehead atoms. The maximum atomic E-state index is 13.5. The molecule has 2 aromatic carbocycles. The summed E-state index contributed by atoms with van der Waals surface area (Å²) >= 11 is 3.14. The standard InChI is InChI=1S/C17H15BrFNO/c18-15-13(7-4-8-14(15)19)17(21)20-16(12-9-10-12)11-5-2-1-3-6-11/h1-8,12,16H,9-10H2,(H,20,21). The Morgan fingerprint density at radius 2 is 1.86 bits per heavy atom. The molecule has 2 aromatic rings. The number of hydrogen-bond acceptors (Lipinski definition) is 1. The van der Waals surface area contributed by atoms with Gasteiger partial charge in [0, 0.05) is 0 Å². The highest BCUT2D eigenvalue weighted by Gasteiger charge is 2.33. The van der Waals surface area contributed by atoms with Crippen LogP contribution >= 0.6 is 15.9 Å². The van der Waals surface area contributed by atoms with E-state index >= 15 is 0 Å². The zero-order valence-electron chi connectivity index (χ0n) is 11.4. The van der Waals surface area contributed by atoms with Gasteiger partial charge in [-0.1, -0.05) is 36.4 Å². The first kappa shape index (κ1) is 14.3. The first-order valence-electron chi connectivity index (χ1n) is 6.96. The van der Waals surface area contributed by atoms with E-state index in [1.807, 2.05) is 30.3 Å². The molecule has 1 aliphatic rings. The summed E-state index contributed by atoms with van der Waals surface area (Å²) in [5.74, 6) is -0.198. The topological polar surface area (TPSA) is 29.1 Å². The third-order valence-electron chi connectivity index (χ3n) is 3.73. The van der Waals surface area contributed by atoms with Crippen molar-refractivity contribution in [2.45, 2.75) is 18.9 Å². The van der Waals surface area contributed by atoms with Gasteiger partial charge in [-0.15, -0.1) is 0 Å². The van der Waals surface area contributed by atoms with Crippen LogP contribution in [-0.4, -0.2) is 5.91 Å². The number of carbonyl (C=O) groups excluding carboxylic acids is 1. The Hall–Kier alpha value is -1.68. The summed E-state index contributed by atoms with van der Waals surface area (Å²) in [6.45, 7) is 0. The molecule has 1 unspecified atom stereocenters. The smallest absolute Gasteiger partial charge is 0.253 e. The molecule has 1 fully saturated rings. The van der Waals surface area contributed by atoms with Gasteiger partial charge in [0.1, 0.15) is 5.82 Å². The van der Waals surface area contributed by atoms with Gasteiger partial charge in [-0.3, -0.25) is 4.79 Å². The number of halogens is 2. The van der Waals surface area contributed by atoms with Gasteiger partial charge in [-0.25, -0.2) is 4.39 Å². The number of amides is 1. The second-order valence-corrected chi connectivity index (χ2v) is 6.09. The molecule has 0 aliphatic heterocycles. The maximum Gasteiger partial charge on any atom is 0.253 e. The number of nitrogens with one attached hydrogen (secondary N) is 1. The van der Waals surface area contributed by atoms with Crippen LogP contribution in [0.4, 0.5) is 4.39 Å². The fraction of sp³-hybridized carbons (Fsp3) is 0.235. The third kappa shape index (κ3) is 3.16. The highest BCUT2D eigenvalue weighted by atomic mass is 79.9. The Morgan fingerprint density at radius 1 is 1.14 bits per heavy atom. The number of carbonyl (C=O) groups is 1. The van der Waals surface area contributed by atoms with Crippen molar-refractivity contribution in [3.63, 3.8) is 0 Å². The lowest BCUT2D eigenvalue weighted by Gasteiger charge is -2.19. The predicted molar refractivity (Wildman–Crippen MR) is 83.5 cm³/mol. The van der Waals surface area contributed by atoms with E-state index in [-0.39, 0.29) is 16.4 Å². The zero-order chi connectivity index (χ0) is 14.8. The van der Waals surface area contributed by atoms with Crippen molar-refractivity contribution in [2.75, 3.05) is 0 Å². The Balaban J connectivity index is 1.83. The molecule has 0 saturated heterocycles. The Bertz CT molecular complexity index is 655. The molecule has 0 heterocycles. The van der Waals surface area contributed by atoms with Gasteiger partial charge < -0.3 is 5.32 Å². The van der Waals surface area contributed by atoms with Crippen LogP contribution in [0.3, 0.4) is 0 Å². The molecule has 1 aliphatic carbocycles. The Labute approximate surface area is 131 Å². The molecule has 21 heavy (non-hydrogen) atoms. The first-order valence-corrected chi connectivity index (χ1v) is 7.76. The van der Waals surface area contributed by atoms with Crippen molar-refractivity contribution in [1.82, 2.24) is 5.32 Å². The molecule has 0 radical (unpaired) electrons. The molecule has 3 rings (SSSR count). The van der Waals surface area contributed by atoms with Crippen LogP contribution in [0.25, 0.3) is 0 Å². The minimum absolute atomic E-state index is 0.00568. The molecule has 108 valence electrons. The molecule has 4 heteroatoms. The van der Waals surface area contributed by atoms with Gasteiger partial charge >= 0.3 is 0 Å².